The Bertz CT molecular complexity index is 376. The van der Waals surface area contributed by atoms with E-state index in [2.05, 4.69) is 4.76 Å². The van der Waals surface area contributed by atoms with Crippen molar-refractivity contribution < 1.29 is 9.05 Å². The van der Waals surface area contributed by atoms with E-state index in [-0.39, 0.29) is 0 Å². The van der Waals surface area contributed by atoms with E-state index in [1.54, 1.807) is 0 Å². The van der Waals surface area contributed by atoms with Crippen LogP contribution in [0.2, 0.25) is 0 Å². The fourth-order valence-electron chi connectivity index (χ4n) is 0.685. The van der Waals surface area contributed by atoms with Gasteiger partial charge in [0, 0.05) is 32.8 Å². The van der Waals surface area contributed by atoms with Crippen molar-refractivity contribution in [2.24, 2.45) is 11.8 Å². The van der Waals surface area contributed by atoms with Gasteiger partial charge in [0.15, 0.2) is 4.80 Å². The van der Waals surface area contributed by atoms with Gasteiger partial charge in [0.05, 0.1) is 0 Å². The van der Waals surface area contributed by atoms with Crippen LogP contribution in [0, 0.1) is 0 Å². The minimum Gasteiger partial charge on any atom is -0.327 e. The zero-order chi connectivity index (χ0) is 9.90. The third-order valence-electron chi connectivity index (χ3n) is 1.43. The van der Waals surface area contributed by atoms with Gasteiger partial charge in [-0.05, 0) is 11.8 Å². The van der Waals surface area contributed by atoms with Crippen LogP contribution < -0.4 is 4.80 Å². The number of thiazole rings is 1. The Morgan fingerprint density at radius 3 is 2.54 bits per heavy atom. The van der Waals surface area contributed by atoms with E-state index in [1.165, 1.54) is 25.6 Å². The van der Waals surface area contributed by atoms with Crippen LogP contribution in [-0.2, 0) is 27.9 Å². The summed E-state index contributed by atoms with van der Waals surface area (Å²) < 4.78 is 16.2. The third-order valence-corrected chi connectivity index (χ3v) is 4.91. The molecule has 0 unspecified atom stereocenters. The molecule has 7 heteroatoms. The van der Waals surface area contributed by atoms with Crippen molar-refractivity contribution in [1.29, 1.82) is 0 Å². The highest BCUT2D eigenvalue weighted by Crippen LogP contribution is 2.47. The molecule has 1 heterocycles. The highest BCUT2D eigenvalue weighted by atomic mass is 32.5. The summed E-state index contributed by atoms with van der Waals surface area (Å²) in [6.07, 6.45) is 1.91. The molecule has 13 heavy (non-hydrogen) atoms. The molecule has 1 aromatic rings. The molecule has 0 aromatic carbocycles. The van der Waals surface area contributed by atoms with Gasteiger partial charge in [-0.2, -0.15) is 4.76 Å². The fraction of sp³-hybridized carbons (Fsp3) is 0.500. The van der Waals surface area contributed by atoms with Gasteiger partial charge in [0.25, 0.3) is 0 Å². The molecule has 0 N–H and O–H groups in total. The van der Waals surface area contributed by atoms with E-state index in [0.29, 0.717) is 0 Å². The molecule has 1 rings (SSSR count). The van der Waals surface area contributed by atoms with Crippen LogP contribution >= 0.6 is 18.0 Å². The largest absolute Gasteiger partial charge is 0.327 e. The lowest BCUT2D eigenvalue weighted by atomic mass is 10.9. The zero-order valence-electron chi connectivity index (χ0n) is 7.63. The second-order valence-corrected chi connectivity index (χ2v) is 6.35. The van der Waals surface area contributed by atoms with Gasteiger partial charge in [0.1, 0.15) is 0 Å². The van der Waals surface area contributed by atoms with Gasteiger partial charge in [-0.15, -0.1) is 11.3 Å². The van der Waals surface area contributed by atoms with Gasteiger partial charge in [-0.3, -0.25) is 0 Å². The highest BCUT2D eigenvalue weighted by Gasteiger charge is 2.12. The normalized spacial score (nSPS) is 13.6. The van der Waals surface area contributed by atoms with E-state index < -0.39 is 6.64 Å². The Kier molecular flexibility index (Phi) is 3.82. The fourth-order valence-corrected chi connectivity index (χ4v) is 2.84. The topological polar surface area (TPSA) is 35.8 Å². The predicted octanol–water partition coefficient (Wildman–Crippen LogP) is 1.50. The first kappa shape index (κ1) is 11.1. The van der Waals surface area contributed by atoms with Crippen molar-refractivity contribution in [3.8, 4) is 0 Å². The molecule has 0 saturated carbocycles. The lowest BCUT2D eigenvalue weighted by Gasteiger charge is -2.10. The molecule has 0 amide bonds. The van der Waals surface area contributed by atoms with Crippen molar-refractivity contribution in [3.63, 3.8) is 0 Å². The van der Waals surface area contributed by atoms with Gasteiger partial charge < -0.3 is 13.6 Å². The third kappa shape index (κ3) is 2.72. The molecular formula is C6H11N2O2PS2. The molecule has 0 radical (unpaired) electrons. The van der Waals surface area contributed by atoms with Gasteiger partial charge >= 0.3 is 6.64 Å². The summed E-state index contributed by atoms with van der Waals surface area (Å²) in [4.78, 5) is 0.812. The molecule has 0 aliphatic heterocycles. The molecular weight excluding hydrogens is 227 g/mol. The minimum absolute atomic E-state index is 0.812. The summed E-state index contributed by atoms with van der Waals surface area (Å²) in [5.74, 6) is 0. The van der Waals surface area contributed by atoms with E-state index >= 15 is 0 Å². The highest BCUT2D eigenvalue weighted by molar-refractivity contribution is 8.09. The van der Waals surface area contributed by atoms with Crippen LogP contribution in [0.5, 0.6) is 0 Å². The Morgan fingerprint density at radius 2 is 2.15 bits per heavy atom. The number of hydrogen-bond donors (Lipinski definition) is 0. The van der Waals surface area contributed by atoms with Crippen LogP contribution in [0.3, 0.4) is 0 Å². The molecule has 0 fully saturated rings. The Labute approximate surface area is 86.1 Å². The summed E-state index contributed by atoms with van der Waals surface area (Å²) >= 11 is 6.61. The standard InChI is InChI=1S/C6H11N2O2PS2/c1-8-4-5-13-6(8)7-11(12,9-2)10-3/h4-5H,1-3H3. The maximum atomic E-state index is 5.11. The number of aryl methyl sites for hydroxylation is 1. The van der Waals surface area contributed by atoms with Crippen molar-refractivity contribution >= 4 is 29.8 Å². The molecule has 0 atom stereocenters. The summed E-state index contributed by atoms with van der Waals surface area (Å²) in [6, 6.07) is 0. The van der Waals surface area contributed by atoms with E-state index in [4.69, 9.17) is 20.9 Å². The van der Waals surface area contributed by atoms with Crippen LogP contribution in [0.15, 0.2) is 16.3 Å². The molecule has 0 aliphatic rings. The second kappa shape index (κ2) is 4.48. The molecule has 0 saturated heterocycles. The van der Waals surface area contributed by atoms with Crippen LogP contribution in [0.25, 0.3) is 0 Å². The number of rotatable bonds is 3. The summed E-state index contributed by atoms with van der Waals surface area (Å²) in [5, 5.41) is 1.93. The Hall–Kier alpha value is -0.0000000000000000208. The number of nitrogens with zero attached hydrogens (tertiary/aromatic N) is 2. The lowest BCUT2D eigenvalue weighted by molar-refractivity contribution is 0.337. The van der Waals surface area contributed by atoms with Crippen molar-refractivity contribution in [1.82, 2.24) is 4.57 Å². The summed E-state index contributed by atoms with van der Waals surface area (Å²) in [7, 11) is 4.93. The van der Waals surface area contributed by atoms with Crippen LogP contribution in [0.1, 0.15) is 0 Å². The van der Waals surface area contributed by atoms with Crippen LogP contribution in [0.4, 0.5) is 0 Å². The second-order valence-electron chi connectivity index (χ2n) is 2.23. The first-order valence-corrected chi connectivity index (χ1v) is 6.96. The molecule has 0 aliphatic carbocycles. The monoisotopic (exact) mass is 238 g/mol. The van der Waals surface area contributed by atoms with Crippen molar-refractivity contribution in [2.45, 2.75) is 0 Å². The van der Waals surface area contributed by atoms with Gasteiger partial charge in [-0.1, -0.05) is 0 Å². The maximum Gasteiger partial charge on any atom is 0.311 e. The van der Waals surface area contributed by atoms with Crippen molar-refractivity contribution in [2.75, 3.05) is 14.2 Å². The average molecular weight is 238 g/mol. The Balaban J connectivity index is 3.14. The minimum atomic E-state index is -2.45. The van der Waals surface area contributed by atoms with E-state index in [1.807, 2.05) is 23.2 Å². The quantitative estimate of drug-likeness (QED) is 0.749. The first-order chi connectivity index (χ1) is 6.11. The van der Waals surface area contributed by atoms with E-state index in [0.717, 1.165) is 4.80 Å². The number of hydrogen-bond acceptors (Lipinski definition) is 4. The van der Waals surface area contributed by atoms with E-state index in [9.17, 15) is 0 Å². The molecule has 74 valence electrons. The zero-order valence-corrected chi connectivity index (χ0v) is 10.2. The first-order valence-electron chi connectivity index (χ1n) is 3.49. The summed E-state index contributed by atoms with van der Waals surface area (Å²) in [6.45, 7) is -2.45. The lowest BCUT2D eigenvalue weighted by Crippen LogP contribution is -2.09. The predicted molar refractivity (Wildman–Crippen MR) is 57.2 cm³/mol. The molecule has 1 aromatic heterocycles. The van der Waals surface area contributed by atoms with Gasteiger partial charge in [-0.25, -0.2) is 0 Å². The SMILES string of the molecule is COP(=S)(N=c1sccn1C)OC. The van der Waals surface area contributed by atoms with Gasteiger partial charge in [0.2, 0.25) is 0 Å². The van der Waals surface area contributed by atoms with Crippen molar-refractivity contribution in [3.05, 3.63) is 16.4 Å². The van der Waals surface area contributed by atoms with Crippen LogP contribution in [-0.4, -0.2) is 18.8 Å². The smallest absolute Gasteiger partial charge is 0.311 e. The maximum absolute atomic E-state index is 5.11. The molecule has 0 bridgehead atoms. The number of aromatic nitrogens is 1. The summed E-state index contributed by atoms with van der Waals surface area (Å²) in [5.41, 5.74) is 0. The molecule has 4 nitrogen and oxygen atoms in total. The Morgan fingerprint density at radius 1 is 1.54 bits per heavy atom. The molecule has 0 spiro atoms. The average Bonchev–Trinajstić information content (AvgIpc) is 2.52.